The van der Waals surface area contributed by atoms with Gasteiger partial charge in [0, 0.05) is 18.2 Å². The molecule has 0 atom stereocenters. The van der Waals surface area contributed by atoms with Crippen molar-refractivity contribution in [2.24, 2.45) is 0 Å². The zero-order chi connectivity index (χ0) is 14.0. The number of nitrogens with zero attached hydrogens (tertiary/aromatic N) is 2. The van der Waals surface area contributed by atoms with Crippen molar-refractivity contribution in [1.82, 2.24) is 9.97 Å². The first-order valence-corrected chi connectivity index (χ1v) is 6.40. The van der Waals surface area contributed by atoms with Crippen molar-refractivity contribution in [3.8, 4) is 11.3 Å². The molecule has 0 aliphatic rings. The highest BCUT2D eigenvalue weighted by atomic mass is 35.5. The minimum Gasteiger partial charge on any atom is -0.373 e. The third-order valence-corrected chi connectivity index (χ3v) is 3.20. The normalized spacial score (nSPS) is 10.8. The van der Waals surface area contributed by atoms with E-state index < -0.39 is 0 Å². The number of hydrogen-bond acceptors (Lipinski definition) is 3. The fourth-order valence-electron chi connectivity index (χ4n) is 2.04. The Morgan fingerprint density at radius 3 is 2.58 bits per heavy atom. The Balaban J connectivity index is 2.68. The lowest BCUT2D eigenvalue weighted by Crippen LogP contribution is -2.04. The van der Waals surface area contributed by atoms with Crippen LogP contribution in [0.25, 0.3) is 11.3 Å². The molecule has 0 aliphatic heterocycles. The Kier molecular flexibility index (Phi) is 4.00. The first kappa shape index (κ1) is 13.7. The number of hydrogen-bond donors (Lipinski definition) is 1. The van der Waals surface area contributed by atoms with Gasteiger partial charge in [0.1, 0.15) is 18.0 Å². The van der Waals surface area contributed by atoms with E-state index in [0.717, 1.165) is 17.1 Å². The Hall–Kier alpha value is -1.68. The first-order valence-electron chi connectivity index (χ1n) is 6.02. The molecule has 0 radical (unpaired) electrons. The molecule has 1 aromatic heterocycles. The third-order valence-electron chi connectivity index (χ3n) is 2.88. The van der Waals surface area contributed by atoms with E-state index in [9.17, 15) is 4.39 Å². The van der Waals surface area contributed by atoms with Gasteiger partial charge >= 0.3 is 0 Å². The quantitative estimate of drug-likeness (QED) is 0.919. The lowest BCUT2D eigenvalue weighted by Gasteiger charge is -2.16. The standard InChI is InChI=1S/C14H15ClFN3/c1-8(2)12-13(18-7-19-14(12)17-3)10-5-4-9(16)6-11(10)15/h4-8H,1-3H3,(H,17,18,19). The number of rotatable bonds is 3. The summed E-state index contributed by atoms with van der Waals surface area (Å²) in [6, 6.07) is 4.32. The molecule has 0 saturated carbocycles. The average molecular weight is 280 g/mol. The van der Waals surface area contributed by atoms with E-state index in [1.165, 1.54) is 18.5 Å². The summed E-state index contributed by atoms with van der Waals surface area (Å²) in [7, 11) is 1.81. The molecule has 0 saturated heterocycles. The smallest absolute Gasteiger partial charge is 0.133 e. The van der Waals surface area contributed by atoms with Gasteiger partial charge in [-0.1, -0.05) is 25.4 Å². The maximum atomic E-state index is 13.1. The number of benzene rings is 1. The Labute approximate surface area is 116 Å². The minimum atomic E-state index is -0.359. The van der Waals surface area contributed by atoms with E-state index >= 15 is 0 Å². The minimum absolute atomic E-state index is 0.222. The van der Waals surface area contributed by atoms with Crippen LogP contribution in [0.2, 0.25) is 5.02 Å². The van der Waals surface area contributed by atoms with E-state index in [2.05, 4.69) is 29.1 Å². The van der Waals surface area contributed by atoms with Gasteiger partial charge in [-0.3, -0.25) is 0 Å². The number of anilines is 1. The maximum Gasteiger partial charge on any atom is 0.133 e. The van der Waals surface area contributed by atoms with Gasteiger partial charge in [-0.05, 0) is 24.1 Å². The van der Waals surface area contributed by atoms with Crippen LogP contribution in [0.5, 0.6) is 0 Å². The van der Waals surface area contributed by atoms with E-state index in [1.54, 1.807) is 6.07 Å². The molecule has 1 aromatic carbocycles. The largest absolute Gasteiger partial charge is 0.373 e. The van der Waals surface area contributed by atoms with Crippen LogP contribution in [0.4, 0.5) is 10.2 Å². The molecule has 19 heavy (non-hydrogen) atoms. The third kappa shape index (κ3) is 2.68. The fourth-order valence-corrected chi connectivity index (χ4v) is 2.29. The molecule has 0 amide bonds. The predicted octanol–water partition coefficient (Wildman–Crippen LogP) is 4.10. The summed E-state index contributed by atoms with van der Waals surface area (Å²) in [6.45, 7) is 4.11. The number of aromatic nitrogens is 2. The monoisotopic (exact) mass is 279 g/mol. The van der Waals surface area contributed by atoms with Gasteiger partial charge in [-0.25, -0.2) is 14.4 Å². The summed E-state index contributed by atoms with van der Waals surface area (Å²) in [5.41, 5.74) is 2.42. The van der Waals surface area contributed by atoms with Crippen LogP contribution in [0.3, 0.4) is 0 Å². The molecule has 0 bridgehead atoms. The van der Waals surface area contributed by atoms with E-state index in [4.69, 9.17) is 11.6 Å². The summed E-state index contributed by atoms with van der Waals surface area (Å²) >= 11 is 6.12. The second-order valence-electron chi connectivity index (χ2n) is 4.51. The van der Waals surface area contributed by atoms with Gasteiger partial charge in [0.25, 0.3) is 0 Å². The summed E-state index contributed by atoms with van der Waals surface area (Å²) < 4.78 is 13.1. The summed E-state index contributed by atoms with van der Waals surface area (Å²) in [5.74, 6) is 0.628. The Morgan fingerprint density at radius 2 is 2.00 bits per heavy atom. The van der Waals surface area contributed by atoms with Crippen molar-refractivity contribution in [3.63, 3.8) is 0 Å². The van der Waals surface area contributed by atoms with Crippen molar-refractivity contribution in [1.29, 1.82) is 0 Å². The van der Waals surface area contributed by atoms with Gasteiger partial charge in [0.05, 0.1) is 10.7 Å². The molecular formula is C14H15ClFN3. The summed E-state index contributed by atoms with van der Waals surface area (Å²) in [6.07, 6.45) is 1.48. The first-order chi connectivity index (χ1) is 9.04. The molecule has 0 fully saturated rings. The van der Waals surface area contributed by atoms with E-state index in [1.807, 2.05) is 7.05 Å². The van der Waals surface area contributed by atoms with Crippen LogP contribution in [-0.2, 0) is 0 Å². The van der Waals surface area contributed by atoms with Gasteiger partial charge in [0.2, 0.25) is 0 Å². The van der Waals surface area contributed by atoms with Gasteiger partial charge < -0.3 is 5.32 Å². The van der Waals surface area contributed by atoms with Crippen LogP contribution in [0.1, 0.15) is 25.3 Å². The van der Waals surface area contributed by atoms with Gasteiger partial charge in [0.15, 0.2) is 0 Å². The SMILES string of the molecule is CNc1ncnc(-c2ccc(F)cc2Cl)c1C(C)C. The van der Waals surface area contributed by atoms with E-state index in [-0.39, 0.29) is 11.7 Å². The highest BCUT2D eigenvalue weighted by molar-refractivity contribution is 6.33. The summed E-state index contributed by atoms with van der Waals surface area (Å²) in [5, 5.41) is 3.40. The molecule has 5 heteroatoms. The lowest BCUT2D eigenvalue weighted by molar-refractivity contribution is 0.628. The number of nitrogens with one attached hydrogen (secondary N) is 1. The van der Waals surface area contributed by atoms with E-state index in [0.29, 0.717) is 10.6 Å². The molecule has 1 heterocycles. The van der Waals surface area contributed by atoms with Crippen LogP contribution in [-0.4, -0.2) is 17.0 Å². The van der Waals surface area contributed by atoms with Crippen LogP contribution in [0, 0.1) is 5.82 Å². The molecule has 1 N–H and O–H groups in total. The Bertz CT molecular complexity index is 599. The van der Waals surface area contributed by atoms with Crippen molar-refractivity contribution in [3.05, 3.63) is 40.9 Å². The zero-order valence-electron chi connectivity index (χ0n) is 11.0. The average Bonchev–Trinajstić information content (AvgIpc) is 2.37. The molecule has 0 aliphatic carbocycles. The molecule has 2 rings (SSSR count). The van der Waals surface area contributed by atoms with Crippen LogP contribution >= 0.6 is 11.6 Å². The molecular weight excluding hydrogens is 265 g/mol. The maximum absolute atomic E-state index is 13.1. The second-order valence-corrected chi connectivity index (χ2v) is 4.92. The fraction of sp³-hybridized carbons (Fsp3) is 0.286. The topological polar surface area (TPSA) is 37.8 Å². The van der Waals surface area contributed by atoms with Crippen LogP contribution in [0.15, 0.2) is 24.5 Å². The molecule has 3 nitrogen and oxygen atoms in total. The van der Waals surface area contributed by atoms with Crippen LogP contribution < -0.4 is 5.32 Å². The highest BCUT2D eigenvalue weighted by Gasteiger charge is 2.17. The highest BCUT2D eigenvalue weighted by Crippen LogP contribution is 2.35. The number of halogens is 2. The summed E-state index contributed by atoms with van der Waals surface area (Å²) in [4.78, 5) is 8.52. The molecule has 2 aromatic rings. The van der Waals surface area contributed by atoms with Gasteiger partial charge in [-0.15, -0.1) is 0 Å². The lowest BCUT2D eigenvalue weighted by atomic mass is 9.97. The Morgan fingerprint density at radius 1 is 1.26 bits per heavy atom. The molecule has 100 valence electrons. The van der Waals surface area contributed by atoms with Crippen molar-refractivity contribution in [2.45, 2.75) is 19.8 Å². The van der Waals surface area contributed by atoms with Crippen molar-refractivity contribution >= 4 is 17.4 Å². The second kappa shape index (κ2) is 5.53. The zero-order valence-corrected chi connectivity index (χ0v) is 11.8. The van der Waals surface area contributed by atoms with Gasteiger partial charge in [-0.2, -0.15) is 0 Å². The molecule has 0 unspecified atom stereocenters. The molecule has 0 spiro atoms. The van der Waals surface area contributed by atoms with Crippen molar-refractivity contribution < 1.29 is 4.39 Å². The van der Waals surface area contributed by atoms with Crippen molar-refractivity contribution in [2.75, 3.05) is 12.4 Å². The predicted molar refractivity (Wildman–Crippen MR) is 76.1 cm³/mol.